The summed E-state index contributed by atoms with van der Waals surface area (Å²) >= 11 is 6.03. The molecule has 0 aliphatic heterocycles. The Morgan fingerprint density at radius 2 is 2.21 bits per heavy atom. The van der Waals surface area contributed by atoms with Crippen LogP contribution in [0.1, 0.15) is 23.0 Å². The molecule has 1 aromatic heterocycles. The molecule has 2 rings (SSSR count). The van der Waals surface area contributed by atoms with Gasteiger partial charge in [-0.05, 0) is 37.6 Å². The van der Waals surface area contributed by atoms with Gasteiger partial charge < -0.3 is 9.84 Å². The van der Waals surface area contributed by atoms with E-state index in [9.17, 15) is 4.79 Å². The lowest BCUT2D eigenvalue weighted by molar-refractivity contribution is 0.0690. The molecular weight excluding hydrogens is 268 g/mol. The summed E-state index contributed by atoms with van der Waals surface area (Å²) in [6.45, 7) is 4.27. The minimum Gasteiger partial charge on any atom is -0.493 e. The molecule has 5 nitrogen and oxygen atoms in total. The summed E-state index contributed by atoms with van der Waals surface area (Å²) in [5.41, 5.74) is 2.07. The predicted octanol–water partition coefficient (Wildman–Crippen LogP) is 3.14. The van der Waals surface area contributed by atoms with Gasteiger partial charge in [-0.25, -0.2) is 4.79 Å². The summed E-state index contributed by atoms with van der Waals surface area (Å²) in [6.07, 6.45) is 0. The number of nitrogens with zero attached hydrogens (tertiary/aromatic N) is 1. The van der Waals surface area contributed by atoms with Crippen molar-refractivity contribution < 1.29 is 14.6 Å². The normalized spacial score (nSPS) is 10.5. The Labute approximate surface area is 115 Å². The van der Waals surface area contributed by atoms with Crippen molar-refractivity contribution in [3.05, 3.63) is 34.5 Å². The van der Waals surface area contributed by atoms with Crippen LogP contribution in [0, 0.1) is 6.92 Å². The lowest BCUT2D eigenvalue weighted by atomic mass is 10.1. The first-order valence-corrected chi connectivity index (χ1v) is 6.12. The van der Waals surface area contributed by atoms with Gasteiger partial charge in [-0.1, -0.05) is 11.6 Å². The van der Waals surface area contributed by atoms with Crippen LogP contribution in [0.4, 0.5) is 0 Å². The van der Waals surface area contributed by atoms with Crippen LogP contribution in [0.15, 0.2) is 18.2 Å². The number of benzene rings is 1. The van der Waals surface area contributed by atoms with Gasteiger partial charge in [0.25, 0.3) is 0 Å². The van der Waals surface area contributed by atoms with E-state index in [-0.39, 0.29) is 5.69 Å². The first-order chi connectivity index (χ1) is 9.02. The summed E-state index contributed by atoms with van der Waals surface area (Å²) in [4.78, 5) is 10.9. The highest BCUT2D eigenvalue weighted by molar-refractivity contribution is 6.31. The lowest BCUT2D eigenvalue weighted by Gasteiger charge is -2.12. The molecule has 0 spiro atoms. The number of aromatic amines is 1. The topological polar surface area (TPSA) is 75.2 Å². The number of nitrogens with one attached hydrogen (secondary N) is 1. The highest BCUT2D eigenvalue weighted by atomic mass is 35.5. The highest BCUT2D eigenvalue weighted by Gasteiger charge is 2.15. The molecule has 0 fully saturated rings. The van der Waals surface area contributed by atoms with Gasteiger partial charge in [-0.3, -0.25) is 5.10 Å². The monoisotopic (exact) mass is 280 g/mol. The molecule has 0 radical (unpaired) electrons. The first kappa shape index (κ1) is 13.4. The molecule has 100 valence electrons. The minimum atomic E-state index is -1.06. The smallest absolute Gasteiger partial charge is 0.353 e. The van der Waals surface area contributed by atoms with Gasteiger partial charge in [0.2, 0.25) is 0 Å². The number of rotatable bonds is 4. The van der Waals surface area contributed by atoms with Crippen molar-refractivity contribution in [1.82, 2.24) is 10.2 Å². The van der Waals surface area contributed by atoms with Crippen LogP contribution < -0.4 is 4.74 Å². The molecule has 0 bridgehead atoms. The Bertz CT molecular complexity index is 622. The molecule has 6 heteroatoms. The van der Waals surface area contributed by atoms with Crippen LogP contribution in [-0.4, -0.2) is 27.9 Å². The van der Waals surface area contributed by atoms with Crippen LogP contribution in [-0.2, 0) is 0 Å². The molecule has 2 aromatic rings. The maximum atomic E-state index is 10.9. The third kappa shape index (κ3) is 2.71. The fourth-order valence-electron chi connectivity index (χ4n) is 1.83. The number of hydrogen-bond donors (Lipinski definition) is 2. The summed E-state index contributed by atoms with van der Waals surface area (Å²) < 4.78 is 5.59. The molecule has 1 aromatic carbocycles. The fraction of sp³-hybridized carbons (Fsp3) is 0.231. The van der Waals surface area contributed by atoms with Gasteiger partial charge in [-0.2, -0.15) is 5.10 Å². The van der Waals surface area contributed by atoms with Crippen molar-refractivity contribution in [2.75, 3.05) is 6.61 Å². The van der Waals surface area contributed by atoms with Crippen molar-refractivity contribution >= 4 is 17.6 Å². The third-order valence-electron chi connectivity index (χ3n) is 2.61. The molecule has 1 heterocycles. The van der Waals surface area contributed by atoms with Crippen LogP contribution >= 0.6 is 11.6 Å². The van der Waals surface area contributed by atoms with Crippen molar-refractivity contribution in [3.8, 4) is 17.0 Å². The zero-order valence-electron chi connectivity index (χ0n) is 10.5. The van der Waals surface area contributed by atoms with Gasteiger partial charge in [0.05, 0.1) is 12.3 Å². The molecule has 0 amide bonds. The number of aromatic nitrogens is 2. The molecule has 0 saturated carbocycles. The zero-order chi connectivity index (χ0) is 14.0. The average Bonchev–Trinajstić information content (AvgIpc) is 2.81. The fourth-order valence-corrected chi connectivity index (χ4v) is 2.10. The summed E-state index contributed by atoms with van der Waals surface area (Å²) in [7, 11) is 0. The van der Waals surface area contributed by atoms with Crippen molar-refractivity contribution in [2.45, 2.75) is 13.8 Å². The second-order valence-corrected chi connectivity index (χ2v) is 4.44. The van der Waals surface area contributed by atoms with Crippen molar-refractivity contribution in [3.63, 3.8) is 0 Å². The predicted molar refractivity (Wildman–Crippen MR) is 71.9 cm³/mol. The summed E-state index contributed by atoms with van der Waals surface area (Å²) in [6, 6.07) is 4.96. The van der Waals surface area contributed by atoms with Crippen LogP contribution in [0.2, 0.25) is 5.02 Å². The van der Waals surface area contributed by atoms with E-state index in [4.69, 9.17) is 21.4 Å². The second-order valence-electron chi connectivity index (χ2n) is 4.00. The number of ether oxygens (including phenoxy) is 1. The Hall–Kier alpha value is -2.01. The third-order valence-corrected chi connectivity index (χ3v) is 2.83. The number of hydrogen-bond acceptors (Lipinski definition) is 3. The van der Waals surface area contributed by atoms with Crippen LogP contribution in [0.3, 0.4) is 0 Å². The van der Waals surface area contributed by atoms with Gasteiger partial charge in [-0.15, -0.1) is 0 Å². The SMILES string of the molecule is CCOc1c(C)cc(Cl)cc1-c1cc(C(=O)O)[nH]n1. The molecule has 0 unspecified atom stereocenters. The van der Waals surface area contributed by atoms with Crippen molar-refractivity contribution in [1.29, 1.82) is 0 Å². The number of H-pyrrole nitrogens is 1. The molecule has 0 aliphatic rings. The van der Waals surface area contributed by atoms with Gasteiger partial charge in [0.15, 0.2) is 0 Å². The maximum absolute atomic E-state index is 10.9. The standard InChI is InChI=1S/C13H13ClN2O3/c1-3-19-12-7(2)4-8(14)5-9(12)10-6-11(13(17)18)16-15-10/h4-6H,3H2,1-2H3,(H,15,16)(H,17,18). The van der Waals surface area contributed by atoms with Gasteiger partial charge in [0.1, 0.15) is 11.4 Å². The van der Waals surface area contributed by atoms with E-state index < -0.39 is 5.97 Å². The maximum Gasteiger partial charge on any atom is 0.353 e. The largest absolute Gasteiger partial charge is 0.493 e. The minimum absolute atomic E-state index is 0.0232. The highest BCUT2D eigenvalue weighted by Crippen LogP contribution is 2.35. The number of carbonyl (C=O) groups is 1. The van der Waals surface area contributed by atoms with Gasteiger partial charge in [0, 0.05) is 10.6 Å². The lowest BCUT2D eigenvalue weighted by Crippen LogP contribution is -1.97. The summed E-state index contributed by atoms with van der Waals surface area (Å²) in [5.74, 6) is -0.397. The Balaban J connectivity index is 2.55. The van der Waals surface area contributed by atoms with Crippen LogP contribution in [0.25, 0.3) is 11.3 Å². The summed E-state index contributed by atoms with van der Waals surface area (Å²) in [5, 5.41) is 15.9. The van der Waals surface area contributed by atoms with E-state index in [1.807, 2.05) is 13.8 Å². The average molecular weight is 281 g/mol. The molecule has 0 saturated heterocycles. The first-order valence-electron chi connectivity index (χ1n) is 5.75. The van der Waals surface area contributed by atoms with E-state index in [0.717, 1.165) is 5.56 Å². The molecule has 0 aliphatic carbocycles. The van der Waals surface area contributed by atoms with Gasteiger partial charge >= 0.3 is 5.97 Å². The molecule has 0 atom stereocenters. The van der Waals surface area contributed by atoms with Crippen LogP contribution in [0.5, 0.6) is 5.75 Å². The Kier molecular flexibility index (Phi) is 3.76. The number of carboxylic acid groups (broad SMARTS) is 1. The van der Waals surface area contributed by atoms with Crippen molar-refractivity contribution in [2.24, 2.45) is 0 Å². The van der Waals surface area contributed by atoms with E-state index >= 15 is 0 Å². The Morgan fingerprint density at radius 1 is 1.47 bits per heavy atom. The number of carboxylic acids is 1. The molecule has 2 N–H and O–H groups in total. The van der Waals surface area contributed by atoms with E-state index in [2.05, 4.69) is 10.2 Å². The number of aromatic carboxylic acids is 1. The number of aryl methyl sites for hydroxylation is 1. The zero-order valence-corrected chi connectivity index (χ0v) is 11.3. The molecule has 19 heavy (non-hydrogen) atoms. The second kappa shape index (κ2) is 5.32. The van der Waals surface area contributed by atoms with E-state index in [1.54, 1.807) is 12.1 Å². The van der Waals surface area contributed by atoms with E-state index in [1.165, 1.54) is 6.07 Å². The van der Waals surface area contributed by atoms with E-state index in [0.29, 0.717) is 28.6 Å². The Morgan fingerprint density at radius 3 is 2.79 bits per heavy atom. The number of halogens is 1. The molecular formula is C13H13ClN2O3. The quantitative estimate of drug-likeness (QED) is 0.902.